The highest BCUT2D eigenvalue weighted by atomic mass is 32.2. The number of amides is 1. The lowest BCUT2D eigenvalue weighted by Crippen LogP contribution is -2.47. The molecule has 2 aromatic carbocycles. The smallest absolute Gasteiger partial charge is 0.286 e. The number of aliphatic imine (C=N–C) groups is 1. The first-order valence-electron chi connectivity index (χ1n) is 13.2. The summed E-state index contributed by atoms with van der Waals surface area (Å²) >= 11 is 1.42. The Balaban J connectivity index is 1.42. The maximum atomic E-state index is 12.9. The van der Waals surface area contributed by atoms with Crippen molar-refractivity contribution in [1.82, 2.24) is 14.7 Å². The van der Waals surface area contributed by atoms with Crippen LogP contribution >= 0.6 is 11.8 Å². The van der Waals surface area contributed by atoms with Crippen molar-refractivity contribution in [2.45, 2.75) is 46.3 Å². The van der Waals surface area contributed by atoms with Gasteiger partial charge in [-0.25, -0.2) is 4.68 Å². The molecule has 1 amide bonds. The van der Waals surface area contributed by atoms with Crippen LogP contribution in [0, 0.1) is 5.92 Å². The van der Waals surface area contributed by atoms with Crippen molar-refractivity contribution in [1.29, 1.82) is 0 Å². The quantitative estimate of drug-likeness (QED) is 0.347. The number of morpholine rings is 1. The predicted octanol–water partition coefficient (Wildman–Crippen LogP) is 6.04. The average Bonchev–Trinajstić information content (AvgIpc) is 3.48. The van der Waals surface area contributed by atoms with Gasteiger partial charge in [-0.1, -0.05) is 32.0 Å². The zero-order valence-corrected chi connectivity index (χ0v) is 23.1. The van der Waals surface area contributed by atoms with Crippen LogP contribution in [-0.4, -0.2) is 57.7 Å². The first-order valence-corrected chi connectivity index (χ1v) is 14.0. The predicted molar refractivity (Wildman–Crippen MR) is 154 cm³/mol. The molecule has 0 aliphatic carbocycles. The highest BCUT2D eigenvalue weighted by Crippen LogP contribution is 2.34. The van der Waals surface area contributed by atoms with E-state index < -0.39 is 0 Å². The molecule has 7 nitrogen and oxygen atoms in total. The van der Waals surface area contributed by atoms with Crippen molar-refractivity contribution in [3.63, 3.8) is 0 Å². The number of hydrogen-bond acceptors (Lipinski definition) is 6. The van der Waals surface area contributed by atoms with Crippen LogP contribution in [0.5, 0.6) is 5.75 Å². The van der Waals surface area contributed by atoms with Crippen LogP contribution in [0.1, 0.15) is 39.7 Å². The van der Waals surface area contributed by atoms with Crippen LogP contribution in [0.15, 0.2) is 70.7 Å². The van der Waals surface area contributed by atoms with Crippen LogP contribution in [-0.2, 0) is 9.53 Å². The van der Waals surface area contributed by atoms with Crippen LogP contribution in [0.3, 0.4) is 0 Å². The van der Waals surface area contributed by atoms with Gasteiger partial charge >= 0.3 is 0 Å². The number of thioether (sulfide) groups is 1. The molecule has 0 saturated carbocycles. The topological polar surface area (TPSA) is 68.9 Å². The number of carbonyl (C=O) groups is 1. The maximum absolute atomic E-state index is 12.9. The third kappa shape index (κ3) is 6.19. The molecule has 0 radical (unpaired) electrons. The zero-order valence-electron chi connectivity index (χ0n) is 22.3. The standard InChI is InChI=1S/C30H34N4O3S/c1-20(2)14-15-36-26-12-10-23(11-13-26)28-24(19-34(32-28)25-8-6-5-7-9-25)16-27-29(35)31-30(38-27)33-17-21(3)37-22(4)18-33/h5-13,16,19-22H,14-15,17-18H2,1-4H3/b27-16-/t21-,22-/m1/s1. The van der Waals surface area contributed by atoms with Gasteiger partial charge in [0.1, 0.15) is 5.75 Å². The Morgan fingerprint density at radius 3 is 2.47 bits per heavy atom. The van der Waals surface area contributed by atoms with Gasteiger partial charge < -0.3 is 14.4 Å². The molecule has 3 heterocycles. The second kappa shape index (κ2) is 11.6. The van der Waals surface area contributed by atoms with E-state index in [1.807, 2.05) is 85.4 Å². The van der Waals surface area contributed by atoms with Crippen molar-refractivity contribution in [3.8, 4) is 22.7 Å². The van der Waals surface area contributed by atoms with Gasteiger partial charge in [0.2, 0.25) is 0 Å². The highest BCUT2D eigenvalue weighted by molar-refractivity contribution is 8.18. The molecule has 0 bridgehead atoms. The van der Waals surface area contributed by atoms with Gasteiger partial charge in [-0.05, 0) is 80.4 Å². The number of nitrogens with zero attached hydrogens (tertiary/aromatic N) is 4. The lowest BCUT2D eigenvalue weighted by molar-refractivity contribution is -0.113. The average molecular weight is 531 g/mol. The van der Waals surface area contributed by atoms with Crippen LogP contribution in [0.2, 0.25) is 0 Å². The van der Waals surface area contributed by atoms with E-state index in [1.54, 1.807) is 0 Å². The van der Waals surface area contributed by atoms with E-state index in [4.69, 9.17) is 14.6 Å². The molecule has 0 unspecified atom stereocenters. The summed E-state index contributed by atoms with van der Waals surface area (Å²) in [6.45, 7) is 10.6. The molecule has 38 heavy (non-hydrogen) atoms. The first-order chi connectivity index (χ1) is 18.4. The molecule has 1 fully saturated rings. The summed E-state index contributed by atoms with van der Waals surface area (Å²) in [5.74, 6) is 1.22. The lowest BCUT2D eigenvalue weighted by atomic mass is 10.1. The number of hydrogen-bond donors (Lipinski definition) is 0. The fourth-order valence-electron chi connectivity index (χ4n) is 4.56. The Morgan fingerprint density at radius 1 is 1.08 bits per heavy atom. The number of para-hydroxylation sites is 1. The lowest BCUT2D eigenvalue weighted by Gasteiger charge is -2.35. The Hall–Kier alpha value is -3.36. The fourth-order valence-corrected chi connectivity index (χ4v) is 5.48. The highest BCUT2D eigenvalue weighted by Gasteiger charge is 2.31. The van der Waals surface area contributed by atoms with E-state index in [0.717, 1.165) is 52.9 Å². The Morgan fingerprint density at radius 2 is 1.79 bits per heavy atom. The van der Waals surface area contributed by atoms with Crippen molar-refractivity contribution < 1.29 is 14.3 Å². The second-order valence-corrected chi connectivity index (χ2v) is 11.3. The van der Waals surface area contributed by atoms with E-state index in [0.29, 0.717) is 17.4 Å². The summed E-state index contributed by atoms with van der Waals surface area (Å²) in [5.41, 5.74) is 3.56. The molecule has 5 rings (SSSR count). The molecular weight excluding hydrogens is 496 g/mol. The van der Waals surface area contributed by atoms with Crippen LogP contribution in [0.4, 0.5) is 0 Å². The molecule has 2 aliphatic heterocycles. The monoisotopic (exact) mass is 530 g/mol. The molecule has 2 aliphatic rings. The molecule has 2 atom stereocenters. The van der Waals surface area contributed by atoms with E-state index in [-0.39, 0.29) is 18.1 Å². The fraction of sp³-hybridized carbons (Fsp3) is 0.367. The minimum atomic E-state index is -0.218. The molecule has 0 N–H and O–H groups in total. The van der Waals surface area contributed by atoms with Gasteiger partial charge in [0.05, 0.1) is 35.1 Å². The largest absolute Gasteiger partial charge is 0.494 e. The zero-order chi connectivity index (χ0) is 26.6. The Kier molecular flexibility index (Phi) is 8.00. The maximum Gasteiger partial charge on any atom is 0.286 e. The summed E-state index contributed by atoms with van der Waals surface area (Å²) in [6.07, 6.45) is 5.08. The van der Waals surface area contributed by atoms with Crippen molar-refractivity contribution in [3.05, 3.63) is 71.3 Å². The Labute approximate surface area is 228 Å². The molecule has 3 aromatic rings. The molecule has 0 spiro atoms. The van der Waals surface area contributed by atoms with E-state index in [9.17, 15) is 4.79 Å². The van der Waals surface area contributed by atoms with E-state index in [2.05, 4.69) is 23.7 Å². The molecular formula is C30H34N4O3S. The van der Waals surface area contributed by atoms with Gasteiger partial charge in [-0.2, -0.15) is 10.1 Å². The van der Waals surface area contributed by atoms with Crippen molar-refractivity contribution in [2.75, 3.05) is 19.7 Å². The van der Waals surface area contributed by atoms with Crippen molar-refractivity contribution in [2.24, 2.45) is 10.9 Å². The summed E-state index contributed by atoms with van der Waals surface area (Å²) < 4.78 is 13.6. The number of benzene rings is 2. The number of rotatable bonds is 7. The van der Waals surface area contributed by atoms with E-state index >= 15 is 0 Å². The molecule has 1 saturated heterocycles. The minimum Gasteiger partial charge on any atom is -0.494 e. The first kappa shape index (κ1) is 26.3. The van der Waals surface area contributed by atoms with Gasteiger partial charge in [0.25, 0.3) is 5.91 Å². The second-order valence-electron chi connectivity index (χ2n) is 10.2. The summed E-state index contributed by atoms with van der Waals surface area (Å²) in [4.78, 5) is 20.1. The van der Waals surface area contributed by atoms with Gasteiger partial charge in [-0.15, -0.1) is 0 Å². The van der Waals surface area contributed by atoms with Gasteiger partial charge in [0.15, 0.2) is 5.17 Å². The summed E-state index contributed by atoms with van der Waals surface area (Å²) in [5, 5.41) is 5.65. The van der Waals surface area contributed by atoms with Crippen LogP contribution < -0.4 is 4.74 Å². The van der Waals surface area contributed by atoms with Crippen molar-refractivity contribution >= 4 is 28.9 Å². The summed E-state index contributed by atoms with van der Waals surface area (Å²) in [6, 6.07) is 18.0. The molecule has 198 valence electrons. The van der Waals surface area contributed by atoms with Gasteiger partial charge in [-0.3, -0.25) is 4.79 Å². The van der Waals surface area contributed by atoms with Gasteiger partial charge in [0, 0.05) is 30.4 Å². The van der Waals surface area contributed by atoms with Crippen LogP contribution in [0.25, 0.3) is 23.0 Å². The number of aromatic nitrogens is 2. The molecule has 8 heteroatoms. The third-order valence-electron chi connectivity index (χ3n) is 6.44. The summed E-state index contributed by atoms with van der Waals surface area (Å²) in [7, 11) is 0. The van der Waals surface area contributed by atoms with E-state index in [1.165, 1.54) is 11.8 Å². The normalized spacial score (nSPS) is 20.9. The number of amidine groups is 1. The number of carbonyl (C=O) groups excluding carboxylic acids is 1. The number of ether oxygens (including phenoxy) is 2. The third-order valence-corrected chi connectivity index (χ3v) is 7.49. The minimum absolute atomic E-state index is 0.0956. The molecule has 1 aromatic heterocycles. The SMILES string of the molecule is CC(C)CCOc1ccc(-c2nn(-c3ccccc3)cc2/C=C2\SC(N3C[C@@H](C)O[C@H](C)C3)=NC2=O)cc1. The Bertz CT molecular complexity index is 1320.